The van der Waals surface area contributed by atoms with Gasteiger partial charge in [-0.2, -0.15) is 0 Å². The van der Waals surface area contributed by atoms with Gasteiger partial charge in [0, 0.05) is 25.6 Å². The molecule has 3 N–H and O–H groups in total. The molecule has 1 fully saturated rings. The Labute approximate surface area is 140 Å². The summed E-state index contributed by atoms with van der Waals surface area (Å²) in [4.78, 5) is 14.3. The highest BCUT2D eigenvalue weighted by Crippen LogP contribution is 2.14. The summed E-state index contributed by atoms with van der Waals surface area (Å²) in [5.41, 5.74) is 8.20. The third-order valence-corrected chi connectivity index (χ3v) is 4.41. The molecule has 1 aliphatic heterocycles. The van der Waals surface area contributed by atoms with Crippen LogP contribution in [-0.4, -0.2) is 29.9 Å². The first-order valence-electron chi connectivity index (χ1n) is 8.96. The van der Waals surface area contributed by atoms with Crippen molar-refractivity contribution in [1.29, 1.82) is 0 Å². The third-order valence-electron chi connectivity index (χ3n) is 4.41. The molecule has 0 radical (unpaired) electrons. The SMILES string of the molecule is CC(N)CCC(=O)NCc1cccc(CN2CCCCCC2)c1. The standard InChI is InChI=1S/C19H31N3O/c1-16(20)9-10-19(23)21-14-17-7-6-8-18(13-17)15-22-11-4-2-3-5-12-22/h6-8,13,16H,2-5,9-12,14-15,20H2,1H3,(H,21,23). The van der Waals surface area contributed by atoms with Crippen LogP contribution < -0.4 is 11.1 Å². The van der Waals surface area contributed by atoms with Crippen molar-refractivity contribution in [3.8, 4) is 0 Å². The fraction of sp³-hybridized carbons (Fsp3) is 0.632. The van der Waals surface area contributed by atoms with E-state index in [-0.39, 0.29) is 11.9 Å². The van der Waals surface area contributed by atoms with Crippen molar-refractivity contribution in [2.24, 2.45) is 5.73 Å². The van der Waals surface area contributed by atoms with Gasteiger partial charge in [0.15, 0.2) is 0 Å². The predicted octanol–water partition coefficient (Wildman–Crippen LogP) is 2.81. The molecule has 4 nitrogen and oxygen atoms in total. The minimum atomic E-state index is 0.0812. The lowest BCUT2D eigenvalue weighted by Gasteiger charge is -2.20. The van der Waals surface area contributed by atoms with Gasteiger partial charge in [0.05, 0.1) is 0 Å². The average molecular weight is 317 g/mol. The number of nitrogens with two attached hydrogens (primary N) is 1. The van der Waals surface area contributed by atoms with E-state index in [0.717, 1.165) is 13.0 Å². The smallest absolute Gasteiger partial charge is 0.220 e. The molecule has 4 heteroatoms. The lowest BCUT2D eigenvalue weighted by Crippen LogP contribution is -2.26. The lowest BCUT2D eigenvalue weighted by molar-refractivity contribution is -0.121. The molecule has 0 aliphatic carbocycles. The van der Waals surface area contributed by atoms with E-state index in [1.54, 1.807) is 0 Å². The zero-order valence-corrected chi connectivity index (χ0v) is 14.4. The number of rotatable bonds is 7. The highest BCUT2D eigenvalue weighted by Gasteiger charge is 2.10. The summed E-state index contributed by atoms with van der Waals surface area (Å²) in [6, 6.07) is 8.66. The molecule has 1 heterocycles. The summed E-state index contributed by atoms with van der Waals surface area (Å²) in [6.07, 6.45) is 6.60. The number of likely N-dealkylation sites (tertiary alicyclic amines) is 1. The van der Waals surface area contributed by atoms with Gasteiger partial charge in [-0.3, -0.25) is 9.69 Å². The molecular formula is C19H31N3O. The van der Waals surface area contributed by atoms with Gasteiger partial charge < -0.3 is 11.1 Å². The van der Waals surface area contributed by atoms with Gasteiger partial charge in [0.1, 0.15) is 0 Å². The van der Waals surface area contributed by atoms with Crippen LogP contribution in [0.5, 0.6) is 0 Å². The highest BCUT2D eigenvalue weighted by atomic mass is 16.1. The number of nitrogens with one attached hydrogen (secondary N) is 1. The lowest BCUT2D eigenvalue weighted by atomic mass is 10.1. The van der Waals surface area contributed by atoms with Crippen molar-refractivity contribution < 1.29 is 4.79 Å². The quantitative estimate of drug-likeness (QED) is 0.813. The van der Waals surface area contributed by atoms with Crippen LogP contribution >= 0.6 is 0 Å². The zero-order chi connectivity index (χ0) is 16.5. The molecular weight excluding hydrogens is 286 g/mol. The van der Waals surface area contributed by atoms with Crippen molar-refractivity contribution >= 4 is 5.91 Å². The molecule has 23 heavy (non-hydrogen) atoms. The van der Waals surface area contributed by atoms with E-state index in [1.165, 1.54) is 49.9 Å². The maximum atomic E-state index is 11.8. The number of benzene rings is 1. The summed E-state index contributed by atoms with van der Waals surface area (Å²) in [5.74, 6) is 0.0835. The average Bonchev–Trinajstić information content (AvgIpc) is 2.80. The van der Waals surface area contributed by atoms with Gasteiger partial charge in [-0.15, -0.1) is 0 Å². The molecule has 128 valence electrons. The largest absolute Gasteiger partial charge is 0.352 e. The van der Waals surface area contributed by atoms with Gasteiger partial charge >= 0.3 is 0 Å². The van der Waals surface area contributed by atoms with Crippen molar-refractivity contribution in [2.45, 2.75) is 64.6 Å². The number of hydrogen-bond donors (Lipinski definition) is 2. The Bertz CT molecular complexity index is 479. The van der Waals surface area contributed by atoms with Crippen LogP contribution in [-0.2, 0) is 17.9 Å². The van der Waals surface area contributed by atoms with Crippen molar-refractivity contribution in [1.82, 2.24) is 10.2 Å². The summed E-state index contributed by atoms with van der Waals surface area (Å²) >= 11 is 0. The normalized spacial score (nSPS) is 17.5. The zero-order valence-electron chi connectivity index (χ0n) is 14.4. The first kappa shape index (κ1) is 18.0. The Hall–Kier alpha value is -1.39. The Morgan fingerprint density at radius 1 is 1.22 bits per heavy atom. The van der Waals surface area contributed by atoms with Crippen LogP contribution in [0.1, 0.15) is 56.6 Å². The minimum absolute atomic E-state index is 0.0812. The molecule has 1 amide bonds. The number of nitrogens with zero attached hydrogens (tertiary/aromatic N) is 1. The molecule has 2 rings (SSSR count). The summed E-state index contributed by atoms with van der Waals surface area (Å²) in [7, 11) is 0. The second kappa shape index (κ2) is 9.68. The van der Waals surface area contributed by atoms with Gasteiger partial charge in [-0.1, -0.05) is 37.1 Å². The van der Waals surface area contributed by atoms with E-state index in [1.807, 2.05) is 6.92 Å². The number of carbonyl (C=O) groups is 1. The monoisotopic (exact) mass is 317 g/mol. The van der Waals surface area contributed by atoms with Crippen molar-refractivity contribution in [3.63, 3.8) is 0 Å². The highest BCUT2D eigenvalue weighted by molar-refractivity contribution is 5.75. The molecule has 1 aromatic carbocycles. The number of hydrogen-bond acceptors (Lipinski definition) is 3. The van der Waals surface area contributed by atoms with E-state index in [2.05, 4.69) is 34.5 Å². The van der Waals surface area contributed by atoms with Crippen molar-refractivity contribution in [3.05, 3.63) is 35.4 Å². The first-order chi connectivity index (χ1) is 11.1. The van der Waals surface area contributed by atoms with E-state index >= 15 is 0 Å². The van der Waals surface area contributed by atoms with Crippen LogP contribution in [0.4, 0.5) is 0 Å². The Kier molecular flexibility index (Phi) is 7.56. The molecule has 0 bridgehead atoms. The molecule has 1 saturated heterocycles. The molecule has 1 atom stereocenters. The summed E-state index contributed by atoms with van der Waals surface area (Å²) < 4.78 is 0. The summed E-state index contributed by atoms with van der Waals surface area (Å²) in [6.45, 7) is 5.97. The molecule has 1 aliphatic rings. The van der Waals surface area contributed by atoms with E-state index in [9.17, 15) is 4.79 Å². The van der Waals surface area contributed by atoms with Crippen LogP contribution in [0.15, 0.2) is 24.3 Å². The van der Waals surface area contributed by atoms with Gasteiger partial charge in [-0.05, 0) is 50.4 Å². The number of amides is 1. The van der Waals surface area contributed by atoms with Gasteiger partial charge in [0.25, 0.3) is 0 Å². The molecule has 1 unspecified atom stereocenters. The van der Waals surface area contributed by atoms with Gasteiger partial charge in [0.2, 0.25) is 5.91 Å². The summed E-state index contributed by atoms with van der Waals surface area (Å²) in [5, 5.41) is 2.99. The fourth-order valence-electron chi connectivity index (χ4n) is 3.04. The maximum Gasteiger partial charge on any atom is 0.220 e. The van der Waals surface area contributed by atoms with Crippen LogP contribution in [0.2, 0.25) is 0 Å². The van der Waals surface area contributed by atoms with E-state index in [4.69, 9.17) is 5.73 Å². The van der Waals surface area contributed by atoms with Crippen LogP contribution in [0, 0.1) is 0 Å². The van der Waals surface area contributed by atoms with Crippen LogP contribution in [0.25, 0.3) is 0 Å². The molecule has 0 spiro atoms. The second-order valence-corrected chi connectivity index (χ2v) is 6.80. The Balaban J connectivity index is 1.80. The second-order valence-electron chi connectivity index (χ2n) is 6.80. The molecule has 1 aromatic rings. The first-order valence-corrected chi connectivity index (χ1v) is 8.96. The number of carbonyl (C=O) groups excluding carboxylic acids is 1. The van der Waals surface area contributed by atoms with Crippen molar-refractivity contribution in [2.75, 3.05) is 13.1 Å². The van der Waals surface area contributed by atoms with Crippen LogP contribution in [0.3, 0.4) is 0 Å². The van der Waals surface area contributed by atoms with Gasteiger partial charge in [-0.25, -0.2) is 0 Å². The van der Waals surface area contributed by atoms with E-state index < -0.39 is 0 Å². The molecule has 0 aromatic heterocycles. The van der Waals surface area contributed by atoms with E-state index in [0.29, 0.717) is 13.0 Å². The predicted molar refractivity (Wildman–Crippen MR) is 94.9 cm³/mol. The third kappa shape index (κ3) is 7.14. The minimum Gasteiger partial charge on any atom is -0.352 e. The topological polar surface area (TPSA) is 58.4 Å². The Morgan fingerprint density at radius 3 is 2.61 bits per heavy atom. The fourth-order valence-corrected chi connectivity index (χ4v) is 3.04. The maximum absolute atomic E-state index is 11.8. The molecule has 0 saturated carbocycles. The Morgan fingerprint density at radius 2 is 1.91 bits per heavy atom.